The zero-order chi connectivity index (χ0) is 22.7. The normalized spacial score (nSPS) is 22.9. The molecule has 0 aliphatic heterocycles. The van der Waals surface area contributed by atoms with Crippen molar-refractivity contribution in [3.8, 4) is 0 Å². The maximum absolute atomic E-state index is 11.7. The minimum atomic E-state index is -0.489. The fraction of sp³-hybridized carbons (Fsp3) is 0.593. The summed E-state index contributed by atoms with van der Waals surface area (Å²) in [5, 5.41) is 20.7. The first kappa shape index (κ1) is 25.4. The van der Waals surface area contributed by atoms with Crippen molar-refractivity contribution >= 4 is 5.97 Å². The highest BCUT2D eigenvalue weighted by Crippen LogP contribution is 2.36. The summed E-state index contributed by atoms with van der Waals surface area (Å²) in [5.74, 6) is 0.350. The van der Waals surface area contributed by atoms with Gasteiger partial charge in [0.1, 0.15) is 5.60 Å². The number of hydrogen-bond donors (Lipinski definition) is 2. The maximum Gasteiger partial charge on any atom is 0.306 e. The first-order chi connectivity index (χ1) is 14.7. The Labute approximate surface area is 188 Å². The molecule has 0 radical (unpaired) electrons. The van der Waals surface area contributed by atoms with Crippen LogP contribution in [-0.4, -0.2) is 34.0 Å². The van der Waals surface area contributed by atoms with Crippen molar-refractivity contribution in [1.29, 1.82) is 0 Å². The van der Waals surface area contributed by atoms with Gasteiger partial charge in [-0.1, -0.05) is 54.6 Å². The number of aryl methyl sites for hydroxylation is 1. The lowest BCUT2D eigenvalue weighted by molar-refractivity contribution is -0.154. The van der Waals surface area contributed by atoms with Gasteiger partial charge in [-0.25, -0.2) is 0 Å². The molecule has 0 spiro atoms. The van der Waals surface area contributed by atoms with Crippen molar-refractivity contribution < 1.29 is 19.7 Å². The van der Waals surface area contributed by atoms with E-state index in [0.29, 0.717) is 18.8 Å². The Hall–Kier alpha value is -1.91. The second kappa shape index (κ2) is 12.8. The standard InChI is InChI=1S/C27H40O4/c1-27(2,3)31-26(30)14-10-5-4-9-13-22-16-20-25(29)24(22)19-18-23(28)17-15-21-11-7-6-8-12-21/h4,6-9,11-12,18-19,22-25,28-29H,5,10,13-17,20H2,1-3H3/b9-4-,19-18+/t22-,23-,24?,25+/m0/s1. The minimum Gasteiger partial charge on any atom is -0.460 e. The summed E-state index contributed by atoms with van der Waals surface area (Å²) in [6, 6.07) is 10.2. The molecule has 0 heterocycles. The number of rotatable bonds is 11. The van der Waals surface area contributed by atoms with Crippen LogP contribution in [0.4, 0.5) is 0 Å². The number of carbonyl (C=O) groups is 1. The fourth-order valence-corrected chi connectivity index (χ4v) is 4.10. The number of benzene rings is 1. The van der Waals surface area contributed by atoms with Crippen LogP contribution in [0.2, 0.25) is 0 Å². The molecule has 1 unspecified atom stereocenters. The molecule has 1 fully saturated rings. The van der Waals surface area contributed by atoms with Crippen molar-refractivity contribution in [3.63, 3.8) is 0 Å². The predicted molar refractivity (Wildman–Crippen MR) is 126 cm³/mol. The van der Waals surface area contributed by atoms with Gasteiger partial charge in [0.25, 0.3) is 0 Å². The Morgan fingerprint density at radius 3 is 2.65 bits per heavy atom. The van der Waals surface area contributed by atoms with E-state index in [0.717, 1.165) is 38.5 Å². The molecule has 2 rings (SSSR count). The molecule has 1 aromatic carbocycles. The quantitative estimate of drug-likeness (QED) is 0.282. The Bertz CT molecular complexity index is 702. The topological polar surface area (TPSA) is 66.8 Å². The summed E-state index contributed by atoms with van der Waals surface area (Å²) in [7, 11) is 0. The molecule has 0 amide bonds. The molecule has 4 atom stereocenters. The van der Waals surface area contributed by atoms with Crippen LogP contribution >= 0.6 is 0 Å². The van der Waals surface area contributed by atoms with E-state index >= 15 is 0 Å². The number of carbonyl (C=O) groups excluding carboxylic acids is 1. The van der Waals surface area contributed by atoms with Crippen LogP contribution in [0.3, 0.4) is 0 Å². The Balaban J connectivity index is 1.70. The van der Waals surface area contributed by atoms with E-state index in [-0.39, 0.29) is 18.0 Å². The van der Waals surface area contributed by atoms with E-state index in [2.05, 4.69) is 24.3 Å². The summed E-state index contributed by atoms with van der Waals surface area (Å²) >= 11 is 0. The third-order valence-electron chi connectivity index (χ3n) is 5.73. The number of ether oxygens (including phenoxy) is 1. The van der Waals surface area contributed by atoms with Gasteiger partial charge in [-0.05, 0) is 77.2 Å². The highest BCUT2D eigenvalue weighted by Gasteiger charge is 2.32. The van der Waals surface area contributed by atoms with Gasteiger partial charge in [0.05, 0.1) is 12.2 Å². The van der Waals surface area contributed by atoms with E-state index in [1.54, 1.807) is 0 Å². The van der Waals surface area contributed by atoms with Crippen LogP contribution in [0.15, 0.2) is 54.6 Å². The van der Waals surface area contributed by atoms with Gasteiger partial charge in [0, 0.05) is 12.3 Å². The second-order valence-corrected chi connectivity index (χ2v) is 9.64. The molecule has 31 heavy (non-hydrogen) atoms. The van der Waals surface area contributed by atoms with E-state index in [1.165, 1.54) is 5.56 Å². The summed E-state index contributed by atoms with van der Waals surface area (Å²) in [6.07, 6.45) is 13.7. The molecule has 0 aromatic heterocycles. The third kappa shape index (κ3) is 10.3. The van der Waals surface area contributed by atoms with Crippen LogP contribution < -0.4 is 0 Å². The van der Waals surface area contributed by atoms with Gasteiger partial charge in [-0.15, -0.1) is 0 Å². The number of allylic oxidation sites excluding steroid dienone is 2. The van der Waals surface area contributed by atoms with Gasteiger partial charge in [0.15, 0.2) is 0 Å². The van der Waals surface area contributed by atoms with Crippen molar-refractivity contribution in [1.82, 2.24) is 0 Å². The SMILES string of the molecule is CC(C)(C)OC(=O)CCC/C=C\C[C@H]1CC[C@@H](O)C1/C=C/[C@@H](O)CCc1ccccc1. The molecule has 1 aliphatic carbocycles. The number of esters is 1. The van der Waals surface area contributed by atoms with Gasteiger partial charge in [-0.3, -0.25) is 4.79 Å². The van der Waals surface area contributed by atoms with Crippen LogP contribution in [-0.2, 0) is 16.0 Å². The average molecular weight is 429 g/mol. The lowest BCUT2D eigenvalue weighted by atomic mass is 9.90. The van der Waals surface area contributed by atoms with Gasteiger partial charge in [0.2, 0.25) is 0 Å². The summed E-state index contributed by atoms with van der Waals surface area (Å²) in [5.41, 5.74) is 0.805. The molecule has 172 valence electrons. The second-order valence-electron chi connectivity index (χ2n) is 9.64. The zero-order valence-electron chi connectivity index (χ0n) is 19.4. The van der Waals surface area contributed by atoms with Crippen molar-refractivity contribution in [2.45, 2.75) is 89.9 Å². The molecule has 2 N–H and O–H groups in total. The first-order valence-corrected chi connectivity index (χ1v) is 11.7. The van der Waals surface area contributed by atoms with Crippen LogP contribution in [0.5, 0.6) is 0 Å². The highest BCUT2D eigenvalue weighted by atomic mass is 16.6. The molecule has 4 nitrogen and oxygen atoms in total. The van der Waals surface area contributed by atoms with Crippen LogP contribution in [0.1, 0.15) is 71.3 Å². The summed E-state index contributed by atoms with van der Waals surface area (Å²) in [4.78, 5) is 11.7. The number of hydrogen-bond acceptors (Lipinski definition) is 4. The predicted octanol–water partition coefficient (Wildman–Crippen LogP) is 5.38. The van der Waals surface area contributed by atoms with E-state index in [4.69, 9.17) is 4.74 Å². The fourth-order valence-electron chi connectivity index (χ4n) is 4.10. The molecular formula is C27H40O4. The molecule has 0 bridgehead atoms. The van der Waals surface area contributed by atoms with E-state index in [1.807, 2.05) is 51.1 Å². The smallest absolute Gasteiger partial charge is 0.306 e. The van der Waals surface area contributed by atoms with Crippen molar-refractivity contribution in [2.24, 2.45) is 11.8 Å². The van der Waals surface area contributed by atoms with Crippen LogP contribution in [0.25, 0.3) is 0 Å². The van der Waals surface area contributed by atoms with Gasteiger partial charge in [-0.2, -0.15) is 0 Å². The Morgan fingerprint density at radius 2 is 1.94 bits per heavy atom. The largest absolute Gasteiger partial charge is 0.460 e. The van der Waals surface area contributed by atoms with Crippen molar-refractivity contribution in [2.75, 3.05) is 0 Å². The van der Waals surface area contributed by atoms with E-state index in [9.17, 15) is 15.0 Å². The highest BCUT2D eigenvalue weighted by molar-refractivity contribution is 5.69. The lowest BCUT2D eigenvalue weighted by Crippen LogP contribution is -2.23. The van der Waals surface area contributed by atoms with Gasteiger partial charge >= 0.3 is 5.97 Å². The van der Waals surface area contributed by atoms with Crippen molar-refractivity contribution in [3.05, 3.63) is 60.2 Å². The van der Waals surface area contributed by atoms with Crippen LogP contribution in [0, 0.1) is 11.8 Å². The molecule has 0 saturated heterocycles. The summed E-state index contributed by atoms with van der Waals surface area (Å²) in [6.45, 7) is 5.65. The number of aliphatic hydroxyl groups is 2. The number of aliphatic hydroxyl groups excluding tert-OH is 2. The zero-order valence-corrected chi connectivity index (χ0v) is 19.4. The minimum absolute atomic E-state index is 0.0952. The average Bonchev–Trinajstić information content (AvgIpc) is 3.06. The Kier molecular flexibility index (Phi) is 10.5. The molecule has 1 aromatic rings. The monoisotopic (exact) mass is 428 g/mol. The molecule has 1 saturated carbocycles. The molecular weight excluding hydrogens is 388 g/mol. The van der Waals surface area contributed by atoms with Gasteiger partial charge < -0.3 is 14.9 Å². The third-order valence-corrected chi connectivity index (χ3v) is 5.73. The lowest BCUT2D eigenvalue weighted by Gasteiger charge is -2.19. The van der Waals surface area contributed by atoms with E-state index < -0.39 is 11.7 Å². The molecule has 4 heteroatoms. The maximum atomic E-state index is 11.7. The molecule has 1 aliphatic rings. The summed E-state index contributed by atoms with van der Waals surface area (Å²) < 4.78 is 5.32. The first-order valence-electron chi connectivity index (χ1n) is 11.7. The Morgan fingerprint density at radius 1 is 1.19 bits per heavy atom. The number of unbranched alkanes of at least 4 members (excludes halogenated alkanes) is 1.